The van der Waals surface area contributed by atoms with Crippen LogP contribution in [0.5, 0.6) is 0 Å². The number of hydrogen-bond donors (Lipinski definition) is 0. The monoisotopic (exact) mass is 356 g/mol. The molecular weight excluding hydrogens is 324 g/mol. The minimum Gasteiger partial charge on any atom is -0.375 e. The van der Waals surface area contributed by atoms with Crippen LogP contribution in [0, 0.1) is 5.92 Å². The van der Waals surface area contributed by atoms with Gasteiger partial charge in [-0.15, -0.1) is 0 Å². The van der Waals surface area contributed by atoms with E-state index in [-0.39, 0.29) is 11.5 Å². The third-order valence-corrected chi connectivity index (χ3v) is 6.64. The first-order valence-electron chi connectivity index (χ1n) is 10.4. The molecule has 4 heteroatoms. The van der Waals surface area contributed by atoms with Gasteiger partial charge in [0.05, 0.1) is 5.60 Å². The van der Waals surface area contributed by atoms with Crippen molar-refractivity contribution in [3.05, 3.63) is 35.9 Å². The van der Waals surface area contributed by atoms with Gasteiger partial charge >= 0.3 is 0 Å². The molecule has 0 radical (unpaired) electrons. The summed E-state index contributed by atoms with van der Waals surface area (Å²) in [5, 5.41) is 0. The van der Waals surface area contributed by atoms with E-state index in [1.807, 2.05) is 35.2 Å². The van der Waals surface area contributed by atoms with E-state index in [1.165, 1.54) is 51.7 Å². The SMILES string of the molecule is O=C(c1ccccc1)N1CCC(CN2CCC3(CCCCO3)CC2)CC1. The van der Waals surface area contributed by atoms with Crippen molar-refractivity contribution < 1.29 is 9.53 Å². The fraction of sp³-hybridized carbons (Fsp3) is 0.682. The molecule has 3 fully saturated rings. The van der Waals surface area contributed by atoms with Crippen molar-refractivity contribution in [2.24, 2.45) is 5.92 Å². The van der Waals surface area contributed by atoms with E-state index in [0.29, 0.717) is 0 Å². The maximum atomic E-state index is 12.6. The van der Waals surface area contributed by atoms with Crippen molar-refractivity contribution in [1.82, 2.24) is 9.80 Å². The van der Waals surface area contributed by atoms with Crippen molar-refractivity contribution in [3.8, 4) is 0 Å². The summed E-state index contributed by atoms with van der Waals surface area (Å²) in [5.41, 5.74) is 1.03. The number of ether oxygens (including phenoxy) is 1. The van der Waals surface area contributed by atoms with Crippen LogP contribution in [0.3, 0.4) is 0 Å². The van der Waals surface area contributed by atoms with E-state index in [9.17, 15) is 4.79 Å². The highest BCUT2D eigenvalue weighted by molar-refractivity contribution is 5.94. The molecule has 3 saturated heterocycles. The minimum absolute atomic E-state index is 0.193. The highest BCUT2D eigenvalue weighted by Gasteiger charge is 2.37. The Bertz CT molecular complexity index is 579. The van der Waals surface area contributed by atoms with Crippen LogP contribution in [0.25, 0.3) is 0 Å². The third kappa shape index (κ3) is 4.12. The Morgan fingerprint density at radius 3 is 2.38 bits per heavy atom. The van der Waals surface area contributed by atoms with Crippen LogP contribution in [0.4, 0.5) is 0 Å². The van der Waals surface area contributed by atoms with Crippen LogP contribution in [0.1, 0.15) is 55.3 Å². The molecule has 0 aliphatic carbocycles. The number of nitrogens with zero attached hydrogens (tertiary/aromatic N) is 2. The zero-order valence-electron chi connectivity index (χ0n) is 15.9. The number of benzene rings is 1. The Morgan fingerprint density at radius 2 is 1.73 bits per heavy atom. The molecule has 3 aliphatic heterocycles. The summed E-state index contributed by atoms with van der Waals surface area (Å²) in [4.78, 5) is 17.2. The van der Waals surface area contributed by atoms with Crippen molar-refractivity contribution >= 4 is 5.91 Å². The van der Waals surface area contributed by atoms with Crippen LogP contribution in [0.2, 0.25) is 0 Å². The molecule has 3 heterocycles. The molecule has 1 amide bonds. The van der Waals surface area contributed by atoms with Gasteiger partial charge in [0, 0.05) is 44.9 Å². The predicted octanol–water partition coefficient (Wildman–Crippen LogP) is 3.57. The average Bonchev–Trinajstić information content (AvgIpc) is 2.71. The molecular formula is C22H32N2O2. The third-order valence-electron chi connectivity index (χ3n) is 6.64. The maximum Gasteiger partial charge on any atom is 0.253 e. The first kappa shape index (κ1) is 18.0. The molecule has 0 N–H and O–H groups in total. The second-order valence-corrected chi connectivity index (χ2v) is 8.39. The first-order chi connectivity index (χ1) is 12.7. The van der Waals surface area contributed by atoms with Gasteiger partial charge in [-0.3, -0.25) is 4.79 Å². The second-order valence-electron chi connectivity index (χ2n) is 8.39. The summed E-state index contributed by atoms with van der Waals surface area (Å²) < 4.78 is 6.16. The van der Waals surface area contributed by atoms with Gasteiger partial charge in [-0.25, -0.2) is 0 Å². The van der Waals surface area contributed by atoms with Crippen molar-refractivity contribution in [1.29, 1.82) is 0 Å². The van der Waals surface area contributed by atoms with Gasteiger partial charge in [0.15, 0.2) is 0 Å². The lowest BCUT2D eigenvalue weighted by atomic mass is 9.84. The van der Waals surface area contributed by atoms with Gasteiger partial charge in [-0.2, -0.15) is 0 Å². The average molecular weight is 357 g/mol. The number of rotatable bonds is 3. The van der Waals surface area contributed by atoms with Gasteiger partial charge < -0.3 is 14.5 Å². The molecule has 3 aliphatic rings. The Labute approximate surface area is 157 Å². The molecule has 4 rings (SSSR count). The lowest BCUT2D eigenvalue weighted by Gasteiger charge is -2.45. The number of likely N-dealkylation sites (tertiary alicyclic amines) is 2. The van der Waals surface area contributed by atoms with Crippen LogP contribution in [-0.4, -0.2) is 60.6 Å². The predicted molar refractivity (Wildman–Crippen MR) is 103 cm³/mol. The van der Waals surface area contributed by atoms with Gasteiger partial charge in [-0.1, -0.05) is 18.2 Å². The van der Waals surface area contributed by atoms with Crippen molar-refractivity contribution in [2.45, 2.75) is 50.5 Å². The molecule has 0 unspecified atom stereocenters. The Balaban J connectivity index is 1.21. The van der Waals surface area contributed by atoms with Gasteiger partial charge in [0.2, 0.25) is 0 Å². The normalized spacial score (nSPS) is 24.7. The fourth-order valence-corrected chi connectivity index (χ4v) is 4.89. The summed E-state index contributed by atoms with van der Waals surface area (Å²) in [6.07, 6.45) is 8.53. The standard InChI is InChI=1S/C22H32N2O2/c25-21(20-6-2-1-3-7-20)24-13-8-19(9-14-24)18-23-15-11-22(12-16-23)10-4-5-17-26-22/h1-3,6-7,19H,4-5,8-18H2. The number of carbonyl (C=O) groups is 1. The van der Waals surface area contributed by atoms with Crippen LogP contribution in [-0.2, 0) is 4.74 Å². The molecule has 1 aromatic rings. The summed E-state index contributed by atoms with van der Waals surface area (Å²) in [7, 11) is 0. The zero-order valence-corrected chi connectivity index (χ0v) is 15.9. The second kappa shape index (κ2) is 8.10. The van der Waals surface area contributed by atoms with Crippen LogP contribution in [0.15, 0.2) is 30.3 Å². The number of hydrogen-bond acceptors (Lipinski definition) is 3. The lowest BCUT2D eigenvalue weighted by Crippen LogP contribution is -2.49. The molecule has 142 valence electrons. The zero-order chi connectivity index (χ0) is 17.8. The molecule has 0 atom stereocenters. The molecule has 0 saturated carbocycles. The summed E-state index contributed by atoms with van der Waals surface area (Å²) in [5.74, 6) is 0.926. The quantitative estimate of drug-likeness (QED) is 0.830. The minimum atomic E-state index is 0.193. The lowest BCUT2D eigenvalue weighted by molar-refractivity contribution is -0.112. The van der Waals surface area contributed by atoms with E-state index in [1.54, 1.807) is 0 Å². The number of amides is 1. The Hall–Kier alpha value is -1.39. The van der Waals surface area contributed by atoms with E-state index in [2.05, 4.69) is 4.90 Å². The van der Waals surface area contributed by atoms with Crippen LogP contribution >= 0.6 is 0 Å². The van der Waals surface area contributed by atoms with Crippen molar-refractivity contribution in [3.63, 3.8) is 0 Å². The number of carbonyl (C=O) groups excluding carboxylic acids is 1. The van der Waals surface area contributed by atoms with E-state index >= 15 is 0 Å². The molecule has 26 heavy (non-hydrogen) atoms. The summed E-state index contributed by atoms with van der Waals surface area (Å²) in [6.45, 7) is 6.34. The largest absolute Gasteiger partial charge is 0.375 e. The molecule has 1 spiro atoms. The van der Waals surface area contributed by atoms with Gasteiger partial charge in [0.25, 0.3) is 5.91 Å². The van der Waals surface area contributed by atoms with Crippen LogP contribution < -0.4 is 0 Å². The van der Waals surface area contributed by atoms with Gasteiger partial charge in [-0.05, 0) is 63.0 Å². The smallest absolute Gasteiger partial charge is 0.253 e. The number of piperidine rings is 2. The Morgan fingerprint density at radius 1 is 1.00 bits per heavy atom. The Kier molecular flexibility index (Phi) is 5.60. The summed E-state index contributed by atoms with van der Waals surface area (Å²) >= 11 is 0. The summed E-state index contributed by atoms with van der Waals surface area (Å²) in [6, 6.07) is 9.69. The van der Waals surface area contributed by atoms with Gasteiger partial charge in [0.1, 0.15) is 0 Å². The topological polar surface area (TPSA) is 32.8 Å². The highest BCUT2D eigenvalue weighted by Crippen LogP contribution is 2.35. The molecule has 1 aromatic carbocycles. The van der Waals surface area contributed by atoms with E-state index < -0.39 is 0 Å². The first-order valence-corrected chi connectivity index (χ1v) is 10.4. The fourth-order valence-electron chi connectivity index (χ4n) is 4.89. The molecule has 0 aromatic heterocycles. The van der Waals surface area contributed by atoms with Crippen molar-refractivity contribution in [2.75, 3.05) is 39.3 Å². The van der Waals surface area contributed by atoms with E-state index in [4.69, 9.17) is 4.74 Å². The van der Waals surface area contributed by atoms with E-state index in [0.717, 1.165) is 44.0 Å². The maximum absolute atomic E-state index is 12.6. The molecule has 4 nitrogen and oxygen atoms in total. The molecule has 0 bridgehead atoms. The highest BCUT2D eigenvalue weighted by atomic mass is 16.5.